The summed E-state index contributed by atoms with van der Waals surface area (Å²) in [6, 6.07) is 0. The molecule has 3 heteroatoms. The molecule has 0 saturated heterocycles. The molecule has 0 fully saturated rings. The standard InChI is InChI=1S/C6H15NO2/c1-6(4-7,9-3)5-8-2/h4-5,7H2,1-3H3. The van der Waals surface area contributed by atoms with E-state index in [0.717, 1.165) is 0 Å². The van der Waals surface area contributed by atoms with E-state index < -0.39 is 0 Å². The SMILES string of the molecule is COCC(C)(CN)OC. The molecule has 0 aromatic rings. The van der Waals surface area contributed by atoms with Crippen molar-refractivity contribution >= 4 is 0 Å². The van der Waals surface area contributed by atoms with E-state index in [1.165, 1.54) is 0 Å². The number of ether oxygens (including phenoxy) is 2. The summed E-state index contributed by atoms with van der Waals surface area (Å²) in [5.41, 5.74) is 5.09. The molecular formula is C6H15NO2. The Kier molecular flexibility index (Phi) is 3.77. The monoisotopic (exact) mass is 133 g/mol. The van der Waals surface area contributed by atoms with E-state index in [-0.39, 0.29) is 5.60 Å². The zero-order valence-electron chi connectivity index (χ0n) is 6.31. The summed E-state index contributed by atoms with van der Waals surface area (Å²) < 4.78 is 9.96. The van der Waals surface area contributed by atoms with Crippen LogP contribution in [0.1, 0.15) is 6.92 Å². The average molecular weight is 133 g/mol. The van der Waals surface area contributed by atoms with Gasteiger partial charge in [0, 0.05) is 20.8 Å². The van der Waals surface area contributed by atoms with Crippen LogP contribution >= 0.6 is 0 Å². The van der Waals surface area contributed by atoms with Gasteiger partial charge in [0.2, 0.25) is 0 Å². The first kappa shape index (κ1) is 8.88. The molecule has 0 bridgehead atoms. The second kappa shape index (κ2) is 3.82. The zero-order chi connectivity index (χ0) is 7.33. The van der Waals surface area contributed by atoms with E-state index in [2.05, 4.69) is 0 Å². The van der Waals surface area contributed by atoms with Gasteiger partial charge in [0.15, 0.2) is 0 Å². The summed E-state index contributed by atoms with van der Waals surface area (Å²) in [5.74, 6) is 0. The maximum Gasteiger partial charge on any atom is 0.100 e. The van der Waals surface area contributed by atoms with E-state index in [1.54, 1.807) is 14.2 Å². The van der Waals surface area contributed by atoms with Gasteiger partial charge in [-0.15, -0.1) is 0 Å². The minimum absolute atomic E-state index is 0.311. The molecule has 0 aliphatic rings. The molecule has 0 spiro atoms. The van der Waals surface area contributed by atoms with Gasteiger partial charge >= 0.3 is 0 Å². The fourth-order valence-electron chi connectivity index (χ4n) is 0.507. The normalized spacial score (nSPS) is 17.3. The number of rotatable bonds is 4. The third-order valence-electron chi connectivity index (χ3n) is 1.37. The quantitative estimate of drug-likeness (QED) is 0.587. The molecule has 0 saturated carbocycles. The number of hydrogen-bond donors (Lipinski definition) is 1. The van der Waals surface area contributed by atoms with Crippen molar-refractivity contribution in [2.45, 2.75) is 12.5 Å². The fraction of sp³-hybridized carbons (Fsp3) is 1.00. The summed E-state index contributed by atoms with van der Waals surface area (Å²) in [7, 11) is 3.26. The van der Waals surface area contributed by atoms with Crippen LogP contribution in [0.15, 0.2) is 0 Å². The predicted octanol–water partition coefficient (Wildman–Crippen LogP) is -0.00340. The first-order valence-electron chi connectivity index (χ1n) is 2.92. The van der Waals surface area contributed by atoms with Crippen molar-refractivity contribution in [2.75, 3.05) is 27.4 Å². The van der Waals surface area contributed by atoms with Crippen molar-refractivity contribution in [3.8, 4) is 0 Å². The van der Waals surface area contributed by atoms with Gasteiger partial charge in [0.1, 0.15) is 5.60 Å². The summed E-state index contributed by atoms with van der Waals surface area (Å²) in [6.07, 6.45) is 0. The van der Waals surface area contributed by atoms with E-state index in [0.29, 0.717) is 13.2 Å². The second-order valence-electron chi connectivity index (χ2n) is 2.29. The number of nitrogens with two attached hydrogens (primary N) is 1. The van der Waals surface area contributed by atoms with Crippen LogP contribution in [-0.4, -0.2) is 33.0 Å². The average Bonchev–Trinajstić information content (AvgIpc) is 1.89. The third-order valence-corrected chi connectivity index (χ3v) is 1.37. The Morgan fingerprint density at radius 1 is 1.44 bits per heavy atom. The van der Waals surface area contributed by atoms with Crippen LogP contribution in [-0.2, 0) is 9.47 Å². The fourth-order valence-corrected chi connectivity index (χ4v) is 0.507. The highest BCUT2D eigenvalue weighted by atomic mass is 16.5. The van der Waals surface area contributed by atoms with Crippen LogP contribution < -0.4 is 5.73 Å². The molecule has 0 aliphatic heterocycles. The summed E-state index contributed by atoms with van der Waals surface area (Å²) in [5, 5.41) is 0. The Hall–Kier alpha value is -0.120. The third kappa shape index (κ3) is 2.79. The molecule has 1 atom stereocenters. The molecule has 56 valence electrons. The highest BCUT2D eigenvalue weighted by Gasteiger charge is 2.20. The first-order chi connectivity index (χ1) is 4.18. The molecule has 0 heterocycles. The zero-order valence-corrected chi connectivity index (χ0v) is 6.31. The maximum atomic E-state index is 5.40. The highest BCUT2D eigenvalue weighted by Crippen LogP contribution is 2.05. The minimum atomic E-state index is -0.311. The Morgan fingerprint density at radius 2 is 2.00 bits per heavy atom. The van der Waals surface area contributed by atoms with Crippen LogP contribution in [0.5, 0.6) is 0 Å². The minimum Gasteiger partial charge on any atom is -0.382 e. The van der Waals surface area contributed by atoms with Crippen molar-refractivity contribution in [2.24, 2.45) is 5.73 Å². The van der Waals surface area contributed by atoms with Crippen molar-refractivity contribution in [3.63, 3.8) is 0 Å². The van der Waals surface area contributed by atoms with Crippen molar-refractivity contribution in [1.82, 2.24) is 0 Å². The van der Waals surface area contributed by atoms with Crippen LogP contribution in [0.3, 0.4) is 0 Å². The van der Waals surface area contributed by atoms with E-state index in [9.17, 15) is 0 Å². The summed E-state index contributed by atoms with van der Waals surface area (Å²) in [4.78, 5) is 0. The molecular weight excluding hydrogens is 118 g/mol. The Bertz CT molecular complexity index is 71.5. The van der Waals surface area contributed by atoms with Crippen LogP contribution in [0.2, 0.25) is 0 Å². The summed E-state index contributed by atoms with van der Waals surface area (Å²) >= 11 is 0. The highest BCUT2D eigenvalue weighted by molar-refractivity contribution is 4.74. The van der Waals surface area contributed by atoms with Gasteiger partial charge < -0.3 is 15.2 Å². The van der Waals surface area contributed by atoms with Crippen LogP contribution in [0.4, 0.5) is 0 Å². The van der Waals surface area contributed by atoms with Gasteiger partial charge in [-0.3, -0.25) is 0 Å². The molecule has 0 aliphatic carbocycles. The van der Waals surface area contributed by atoms with E-state index in [4.69, 9.17) is 15.2 Å². The van der Waals surface area contributed by atoms with Gasteiger partial charge in [-0.2, -0.15) is 0 Å². The maximum absolute atomic E-state index is 5.40. The van der Waals surface area contributed by atoms with Gasteiger partial charge in [-0.05, 0) is 6.92 Å². The molecule has 0 amide bonds. The molecule has 9 heavy (non-hydrogen) atoms. The molecule has 3 nitrogen and oxygen atoms in total. The Morgan fingerprint density at radius 3 is 2.11 bits per heavy atom. The predicted molar refractivity (Wildman–Crippen MR) is 36.3 cm³/mol. The molecule has 1 unspecified atom stereocenters. The van der Waals surface area contributed by atoms with Gasteiger partial charge in [0.25, 0.3) is 0 Å². The molecule has 0 aromatic heterocycles. The lowest BCUT2D eigenvalue weighted by Crippen LogP contribution is -2.40. The van der Waals surface area contributed by atoms with Crippen LogP contribution in [0.25, 0.3) is 0 Å². The largest absolute Gasteiger partial charge is 0.382 e. The lowest BCUT2D eigenvalue weighted by Gasteiger charge is -2.24. The lowest BCUT2D eigenvalue weighted by molar-refractivity contribution is -0.0438. The molecule has 2 N–H and O–H groups in total. The van der Waals surface area contributed by atoms with Gasteiger partial charge in [0.05, 0.1) is 6.61 Å². The lowest BCUT2D eigenvalue weighted by atomic mass is 10.1. The van der Waals surface area contributed by atoms with Crippen molar-refractivity contribution < 1.29 is 9.47 Å². The Labute approximate surface area is 56.1 Å². The van der Waals surface area contributed by atoms with Crippen molar-refractivity contribution in [3.05, 3.63) is 0 Å². The van der Waals surface area contributed by atoms with Gasteiger partial charge in [-0.25, -0.2) is 0 Å². The second-order valence-corrected chi connectivity index (χ2v) is 2.29. The van der Waals surface area contributed by atoms with Crippen LogP contribution in [0, 0.1) is 0 Å². The first-order valence-corrected chi connectivity index (χ1v) is 2.92. The van der Waals surface area contributed by atoms with Gasteiger partial charge in [-0.1, -0.05) is 0 Å². The number of methoxy groups -OCH3 is 2. The topological polar surface area (TPSA) is 44.5 Å². The molecule has 0 radical (unpaired) electrons. The summed E-state index contributed by atoms with van der Waals surface area (Å²) in [6.45, 7) is 2.94. The smallest absolute Gasteiger partial charge is 0.100 e. The molecule has 0 aromatic carbocycles. The van der Waals surface area contributed by atoms with E-state index >= 15 is 0 Å². The Balaban J connectivity index is 3.62. The van der Waals surface area contributed by atoms with Crippen molar-refractivity contribution in [1.29, 1.82) is 0 Å². The van der Waals surface area contributed by atoms with E-state index in [1.807, 2.05) is 6.92 Å². The number of hydrogen-bond acceptors (Lipinski definition) is 3. The molecule has 0 rings (SSSR count).